The molecular formula is C13H16F2N2O3. The summed E-state index contributed by atoms with van der Waals surface area (Å²) in [4.78, 5) is 17.4. The molecule has 0 bridgehead atoms. The lowest BCUT2D eigenvalue weighted by Gasteiger charge is -2.33. The first-order valence-electron chi connectivity index (χ1n) is 6.23. The average molecular weight is 286 g/mol. The first kappa shape index (κ1) is 14.5. The fourth-order valence-electron chi connectivity index (χ4n) is 2.09. The SMILES string of the molecule is COC(=O)c1ccc(OC)c(N2CCC(F)(F)CC2)n1. The molecule has 5 nitrogen and oxygen atoms in total. The van der Waals surface area contributed by atoms with Gasteiger partial charge in [-0.15, -0.1) is 0 Å². The van der Waals surface area contributed by atoms with E-state index in [1.165, 1.54) is 20.3 Å². The van der Waals surface area contributed by atoms with Crippen molar-refractivity contribution in [2.75, 3.05) is 32.2 Å². The predicted octanol–water partition coefficient (Wildman–Crippen LogP) is 2.11. The van der Waals surface area contributed by atoms with Crippen LogP contribution in [0.3, 0.4) is 0 Å². The van der Waals surface area contributed by atoms with Crippen LogP contribution in [-0.4, -0.2) is 44.2 Å². The molecule has 0 aliphatic carbocycles. The molecule has 1 aliphatic rings. The Hall–Kier alpha value is -1.92. The van der Waals surface area contributed by atoms with Crippen molar-refractivity contribution in [1.29, 1.82) is 0 Å². The van der Waals surface area contributed by atoms with Gasteiger partial charge in [-0.1, -0.05) is 0 Å². The highest BCUT2D eigenvalue weighted by atomic mass is 19.3. The molecule has 1 fully saturated rings. The van der Waals surface area contributed by atoms with Crippen LogP contribution in [0, 0.1) is 0 Å². The monoisotopic (exact) mass is 286 g/mol. The summed E-state index contributed by atoms with van der Waals surface area (Å²) in [6.45, 7) is 0.335. The molecule has 20 heavy (non-hydrogen) atoms. The Morgan fingerprint density at radius 3 is 2.50 bits per heavy atom. The Bertz CT molecular complexity index is 498. The number of anilines is 1. The molecule has 1 aromatic rings. The smallest absolute Gasteiger partial charge is 0.356 e. The van der Waals surface area contributed by atoms with Crippen molar-refractivity contribution in [3.63, 3.8) is 0 Å². The second-order valence-electron chi connectivity index (χ2n) is 4.56. The molecule has 0 atom stereocenters. The lowest BCUT2D eigenvalue weighted by Crippen LogP contribution is -2.40. The Morgan fingerprint density at radius 1 is 1.30 bits per heavy atom. The molecule has 1 aromatic heterocycles. The van der Waals surface area contributed by atoms with Gasteiger partial charge < -0.3 is 14.4 Å². The van der Waals surface area contributed by atoms with Crippen LogP contribution in [0.25, 0.3) is 0 Å². The number of methoxy groups -OCH3 is 2. The van der Waals surface area contributed by atoms with Crippen LogP contribution in [0.15, 0.2) is 12.1 Å². The van der Waals surface area contributed by atoms with Gasteiger partial charge in [-0.3, -0.25) is 0 Å². The number of piperidine rings is 1. The van der Waals surface area contributed by atoms with E-state index >= 15 is 0 Å². The molecule has 0 unspecified atom stereocenters. The third-order valence-electron chi connectivity index (χ3n) is 3.25. The Labute approximate surface area is 115 Å². The summed E-state index contributed by atoms with van der Waals surface area (Å²) in [5, 5.41) is 0. The second kappa shape index (κ2) is 5.60. The first-order valence-corrected chi connectivity index (χ1v) is 6.23. The minimum absolute atomic E-state index is 0.126. The van der Waals surface area contributed by atoms with Gasteiger partial charge in [-0.05, 0) is 12.1 Å². The molecule has 0 spiro atoms. The van der Waals surface area contributed by atoms with Gasteiger partial charge in [0.1, 0.15) is 0 Å². The van der Waals surface area contributed by atoms with Crippen LogP contribution in [0.2, 0.25) is 0 Å². The van der Waals surface area contributed by atoms with Crippen LogP contribution >= 0.6 is 0 Å². The zero-order valence-electron chi connectivity index (χ0n) is 11.4. The maximum atomic E-state index is 13.2. The van der Waals surface area contributed by atoms with Crippen molar-refractivity contribution in [2.24, 2.45) is 0 Å². The zero-order chi connectivity index (χ0) is 14.8. The minimum atomic E-state index is -2.64. The van der Waals surface area contributed by atoms with E-state index in [1.807, 2.05) is 0 Å². The van der Waals surface area contributed by atoms with E-state index in [-0.39, 0.29) is 31.6 Å². The lowest BCUT2D eigenvalue weighted by molar-refractivity contribution is -0.0222. The molecule has 0 radical (unpaired) electrons. The van der Waals surface area contributed by atoms with E-state index < -0.39 is 11.9 Å². The summed E-state index contributed by atoms with van der Waals surface area (Å²) in [7, 11) is 2.73. The van der Waals surface area contributed by atoms with E-state index in [9.17, 15) is 13.6 Å². The topological polar surface area (TPSA) is 51.7 Å². The maximum Gasteiger partial charge on any atom is 0.356 e. The number of halogens is 2. The minimum Gasteiger partial charge on any atom is -0.493 e. The van der Waals surface area contributed by atoms with Crippen molar-refractivity contribution < 1.29 is 23.0 Å². The Kier molecular flexibility index (Phi) is 4.06. The zero-order valence-corrected chi connectivity index (χ0v) is 11.4. The number of nitrogens with zero attached hydrogens (tertiary/aromatic N) is 2. The molecule has 1 aliphatic heterocycles. The molecule has 0 aromatic carbocycles. The number of hydrogen-bond acceptors (Lipinski definition) is 5. The van der Waals surface area contributed by atoms with E-state index in [0.717, 1.165) is 0 Å². The van der Waals surface area contributed by atoms with Gasteiger partial charge >= 0.3 is 5.97 Å². The molecule has 0 amide bonds. The largest absolute Gasteiger partial charge is 0.493 e. The number of esters is 1. The number of carbonyl (C=O) groups excluding carboxylic acids is 1. The average Bonchev–Trinajstić information content (AvgIpc) is 2.46. The third-order valence-corrected chi connectivity index (χ3v) is 3.25. The van der Waals surface area contributed by atoms with Gasteiger partial charge in [0.05, 0.1) is 14.2 Å². The Morgan fingerprint density at radius 2 is 1.95 bits per heavy atom. The standard InChI is InChI=1S/C13H16F2N2O3/c1-19-10-4-3-9(12(18)20-2)16-11(10)17-7-5-13(14,15)6-8-17/h3-4H,5-8H2,1-2H3. The van der Waals surface area contributed by atoms with Gasteiger partial charge in [-0.2, -0.15) is 0 Å². The van der Waals surface area contributed by atoms with Gasteiger partial charge in [-0.25, -0.2) is 18.6 Å². The van der Waals surface area contributed by atoms with Gasteiger partial charge in [0.15, 0.2) is 17.3 Å². The second-order valence-corrected chi connectivity index (χ2v) is 4.56. The summed E-state index contributed by atoms with van der Waals surface area (Å²) in [5.41, 5.74) is 0.126. The van der Waals surface area contributed by atoms with Crippen molar-refractivity contribution >= 4 is 11.8 Å². The van der Waals surface area contributed by atoms with Gasteiger partial charge in [0.2, 0.25) is 0 Å². The molecular weight excluding hydrogens is 270 g/mol. The van der Waals surface area contributed by atoms with Crippen LogP contribution < -0.4 is 9.64 Å². The lowest BCUT2D eigenvalue weighted by atomic mass is 10.1. The fourth-order valence-corrected chi connectivity index (χ4v) is 2.09. The molecule has 2 heterocycles. The normalized spacial score (nSPS) is 17.7. The summed E-state index contributed by atoms with van der Waals surface area (Å²) < 4.78 is 36.2. The molecule has 0 saturated carbocycles. The van der Waals surface area contributed by atoms with E-state index in [2.05, 4.69) is 9.72 Å². The number of pyridine rings is 1. The molecule has 110 valence electrons. The molecule has 0 N–H and O–H groups in total. The molecule has 2 rings (SSSR count). The van der Waals surface area contributed by atoms with Crippen molar-refractivity contribution in [2.45, 2.75) is 18.8 Å². The summed E-state index contributed by atoms with van der Waals surface area (Å²) in [6.07, 6.45) is -0.472. The third kappa shape index (κ3) is 2.97. The number of alkyl halides is 2. The first-order chi connectivity index (χ1) is 9.46. The van der Waals surface area contributed by atoms with E-state index in [0.29, 0.717) is 11.6 Å². The summed E-state index contributed by atoms with van der Waals surface area (Å²) in [6, 6.07) is 3.06. The van der Waals surface area contributed by atoms with Crippen molar-refractivity contribution in [3.8, 4) is 5.75 Å². The van der Waals surface area contributed by atoms with Gasteiger partial charge in [0, 0.05) is 25.9 Å². The van der Waals surface area contributed by atoms with E-state index in [4.69, 9.17) is 4.74 Å². The fraction of sp³-hybridized carbons (Fsp3) is 0.538. The predicted molar refractivity (Wildman–Crippen MR) is 68.5 cm³/mol. The molecule has 1 saturated heterocycles. The summed E-state index contributed by atoms with van der Waals surface area (Å²) in [5.74, 6) is -2.37. The van der Waals surface area contributed by atoms with E-state index in [1.54, 1.807) is 11.0 Å². The number of rotatable bonds is 3. The van der Waals surface area contributed by atoms with Crippen molar-refractivity contribution in [3.05, 3.63) is 17.8 Å². The maximum absolute atomic E-state index is 13.2. The van der Waals surface area contributed by atoms with Crippen LogP contribution in [0.1, 0.15) is 23.3 Å². The quantitative estimate of drug-likeness (QED) is 0.797. The highest BCUT2D eigenvalue weighted by Gasteiger charge is 2.35. The Balaban J connectivity index is 2.27. The highest BCUT2D eigenvalue weighted by molar-refractivity contribution is 5.88. The van der Waals surface area contributed by atoms with Crippen LogP contribution in [0.4, 0.5) is 14.6 Å². The van der Waals surface area contributed by atoms with Crippen molar-refractivity contribution in [1.82, 2.24) is 4.98 Å². The number of aromatic nitrogens is 1. The van der Waals surface area contributed by atoms with Gasteiger partial charge in [0.25, 0.3) is 5.92 Å². The number of ether oxygens (including phenoxy) is 2. The summed E-state index contributed by atoms with van der Waals surface area (Å²) >= 11 is 0. The van der Waals surface area contributed by atoms with Crippen LogP contribution in [-0.2, 0) is 4.74 Å². The van der Waals surface area contributed by atoms with Crippen LogP contribution in [0.5, 0.6) is 5.75 Å². The highest BCUT2D eigenvalue weighted by Crippen LogP contribution is 2.33. The molecule has 7 heteroatoms. The number of carbonyl (C=O) groups is 1. The number of hydrogen-bond donors (Lipinski definition) is 0.